The molecule has 0 fully saturated rings. The summed E-state index contributed by atoms with van der Waals surface area (Å²) in [6, 6.07) is 10.2. The van der Waals surface area contributed by atoms with Crippen molar-refractivity contribution in [2.45, 2.75) is 18.7 Å². The van der Waals surface area contributed by atoms with Gasteiger partial charge in [0.2, 0.25) is 0 Å². The van der Waals surface area contributed by atoms with E-state index >= 15 is 0 Å². The monoisotopic (exact) mass is 314 g/mol. The lowest BCUT2D eigenvalue weighted by Gasteiger charge is -2.13. The fourth-order valence-corrected chi connectivity index (χ4v) is 3.22. The molecule has 5 heteroatoms. The van der Waals surface area contributed by atoms with E-state index in [1.807, 2.05) is 13.8 Å². The second-order valence-corrected chi connectivity index (χ2v) is 6.64. The number of hydrogen-bond donors (Lipinski definition) is 1. The summed E-state index contributed by atoms with van der Waals surface area (Å²) in [4.78, 5) is 4.12. The highest BCUT2D eigenvalue weighted by Gasteiger charge is 2.17. The van der Waals surface area contributed by atoms with Crippen LogP contribution in [0.4, 0.5) is 11.4 Å². The second kappa shape index (κ2) is 6.15. The van der Waals surface area contributed by atoms with Crippen molar-refractivity contribution in [2.24, 2.45) is 4.99 Å². The van der Waals surface area contributed by atoms with E-state index in [-0.39, 0.29) is 4.90 Å². The van der Waals surface area contributed by atoms with Gasteiger partial charge in [0.25, 0.3) is 10.0 Å². The van der Waals surface area contributed by atoms with Crippen molar-refractivity contribution < 1.29 is 8.42 Å². The highest BCUT2D eigenvalue weighted by Crippen LogP contribution is 2.31. The molecule has 22 heavy (non-hydrogen) atoms. The molecule has 0 aliphatic carbocycles. The van der Waals surface area contributed by atoms with E-state index in [9.17, 15) is 8.42 Å². The van der Waals surface area contributed by atoms with Crippen molar-refractivity contribution in [3.63, 3.8) is 0 Å². The number of nitrogens with one attached hydrogen (secondary N) is 1. The number of hydrogen-bond acceptors (Lipinski definition) is 3. The Kier molecular flexibility index (Phi) is 4.47. The van der Waals surface area contributed by atoms with Crippen LogP contribution < -0.4 is 4.72 Å². The first kappa shape index (κ1) is 16.0. The topological polar surface area (TPSA) is 58.5 Å². The fourth-order valence-electron chi connectivity index (χ4n) is 2.07. The summed E-state index contributed by atoms with van der Waals surface area (Å²) in [6.45, 7) is 11.0. The molecule has 4 nitrogen and oxygen atoms in total. The number of aliphatic imine (C=N–C) groups is 1. The summed E-state index contributed by atoms with van der Waals surface area (Å²) >= 11 is 0. The summed E-state index contributed by atoms with van der Waals surface area (Å²) in [5.74, 6) is 0. The third-order valence-corrected chi connectivity index (χ3v) is 4.84. The molecule has 1 N–H and O–H groups in total. The van der Waals surface area contributed by atoms with Gasteiger partial charge in [0.1, 0.15) is 0 Å². The first-order chi connectivity index (χ1) is 10.4. The molecule has 114 valence electrons. The highest BCUT2D eigenvalue weighted by molar-refractivity contribution is 7.92. The number of nitrogens with zero attached hydrogens (tertiary/aromatic N) is 1. The lowest BCUT2D eigenvalue weighted by atomic mass is 10.1. The van der Waals surface area contributed by atoms with E-state index in [1.54, 1.807) is 42.5 Å². The summed E-state index contributed by atoms with van der Waals surface area (Å²) in [5.41, 5.74) is 3.52. The van der Waals surface area contributed by atoms with Gasteiger partial charge >= 0.3 is 0 Å². The fraction of sp³-hybridized carbons (Fsp3) is 0.118. The molecule has 0 aromatic heterocycles. The van der Waals surface area contributed by atoms with E-state index in [2.05, 4.69) is 23.0 Å². The molecule has 0 bridgehead atoms. The summed E-state index contributed by atoms with van der Waals surface area (Å²) in [5, 5.41) is 0. The van der Waals surface area contributed by atoms with Crippen molar-refractivity contribution in [1.29, 1.82) is 0 Å². The zero-order valence-electron chi connectivity index (χ0n) is 12.6. The Bertz CT molecular complexity index is 840. The predicted octanol–water partition coefficient (Wildman–Crippen LogP) is 4.08. The normalized spacial score (nSPS) is 11.0. The van der Waals surface area contributed by atoms with Crippen molar-refractivity contribution in [1.82, 2.24) is 0 Å². The van der Waals surface area contributed by atoms with Gasteiger partial charge in [0.05, 0.1) is 16.3 Å². The van der Waals surface area contributed by atoms with E-state index in [0.29, 0.717) is 11.4 Å². The standard InChI is InChI=1S/C17H18N2O2S/c1-5-14-7-6-8-16(17(14)18-4)19-22(20,21)15-10-9-12(2)13(3)11-15/h5-11,19H,1,4H2,2-3H3. The molecule has 2 rings (SSSR count). The van der Waals surface area contributed by atoms with Gasteiger partial charge in [0, 0.05) is 5.56 Å². The van der Waals surface area contributed by atoms with Crippen LogP contribution in [0, 0.1) is 13.8 Å². The van der Waals surface area contributed by atoms with Crippen LogP contribution >= 0.6 is 0 Å². The molecule has 0 unspecified atom stereocenters. The van der Waals surface area contributed by atoms with Crippen molar-refractivity contribution in [2.75, 3.05) is 4.72 Å². The van der Waals surface area contributed by atoms with Crippen LogP contribution in [0.15, 0.2) is 52.9 Å². The molecule has 2 aromatic carbocycles. The third kappa shape index (κ3) is 3.09. The van der Waals surface area contributed by atoms with Crippen LogP contribution in [0.5, 0.6) is 0 Å². The lowest BCUT2D eigenvalue weighted by molar-refractivity contribution is 0.601. The molecule has 0 aliphatic rings. The molecule has 0 spiro atoms. The van der Waals surface area contributed by atoms with Gasteiger partial charge in [-0.2, -0.15) is 0 Å². The van der Waals surface area contributed by atoms with Crippen molar-refractivity contribution in [3.8, 4) is 0 Å². The maximum atomic E-state index is 12.5. The Labute approximate surface area is 131 Å². The summed E-state index contributed by atoms with van der Waals surface area (Å²) in [7, 11) is -3.68. The van der Waals surface area contributed by atoms with Gasteiger partial charge in [0.15, 0.2) is 0 Å². The number of anilines is 1. The Morgan fingerprint density at radius 2 is 1.86 bits per heavy atom. The van der Waals surface area contributed by atoms with Gasteiger partial charge in [-0.15, -0.1) is 0 Å². The number of sulfonamides is 1. The van der Waals surface area contributed by atoms with E-state index < -0.39 is 10.0 Å². The van der Waals surface area contributed by atoms with Crippen LogP contribution in [0.2, 0.25) is 0 Å². The molecular weight excluding hydrogens is 296 g/mol. The van der Waals surface area contributed by atoms with Gasteiger partial charge < -0.3 is 0 Å². The Hall–Kier alpha value is -2.40. The Morgan fingerprint density at radius 1 is 1.14 bits per heavy atom. The minimum atomic E-state index is -3.68. The molecule has 0 saturated carbocycles. The van der Waals surface area contributed by atoms with Gasteiger partial charge in [-0.3, -0.25) is 9.71 Å². The number of benzene rings is 2. The molecule has 2 aromatic rings. The average molecular weight is 314 g/mol. The smallest absolute Gasteiger partial charge is 0.261 e. The quantitative estimate of drug-likeness (QED) is 0.845. The summed E-state index contributed by atoms with van der Waals surface area (Å²) in [6.07, 6.45) is 1.61. The van der Waals surface area contributed by atoms with Crippen LogP contribution in [0.1, 0.15) is 16.7 Å². The molecule has 0 atom stereocenters. The maximum absolute atomic E-state index is 12.5. The van der Waals surface area contributed by atoms with Gasteiger partial charge in [-0.1, -0.05) is 30.9 Å². The van der Waals surface area contributed by atoms with Crippen molar-refractivity contribution >= 4 is 34.2 Å². The maximum Gasteiger partial charge on any atom is 0.261 e. The summed E-state index contributed by atoms with van der Waals surface area (Å²) < 4.78 is 27.6. The first-order valence-electron chi connectivity index (χ1n) is 6.71. The molecule has 0 heterocycles. The SMILES string of the molecule is C=Cc1cccc(NS(=O)(=O)c2ccc(C)c(C)c2)c1N=C. The molecule has 0 aliphatic heterocycles. The number of aryl methyl sites for hydroxylation is 2. The minimum Gasteiger partial charge on any atom is -0.277 e. The molecule has 0 amide bonds. The van der Waals surface area contributed by atoms with Crippen LogP contribution in [0.3, 0.4) is 0 Å². The largest absolute Gasteiger partial charge is 0.277 e. The van der Waals surface area contributed by atoms with Gasteiger partial charge in [-0.25, -0.2) is 8.42 Å². The van der Waals surface area contributed by atoms with E-state index in [0.717, 1.165) is 16.7 Å². The third-order valence-electron chi connectivity index (χ3n) is 3.48. The average Bonchev–Trinajstić information content (AvgIpc) is 2.49. The van der Waals surface area contributed by atoms with Crippen molar-refractivity contribution in [3.05, 3.63) is 59.7 Å². The van der Waals surface area contributed by atoms with E-state index in [1.165, 1.54) is 0 Å². The number of para-hydroxylation sites is 1. The second-order valence-electron chi connectivity index (χ2n) is 4.96. The molecule has 0 radical (unpaired) electrons. The zero-order chi connectivity index (χ0) is 16.3. The Balaban J connectivity index is 2.47. The highest BCUT2D eigenvalue weighted by atomic mass is 32.2. The molecule has 0 saturated heterocycles. The number of rotatable bonds is 5. The molecular formula is C17H18N2O2S. The van der Waals surface area contributed by atoms with Crippen LogP contribution in [0.25, 0.3) is 6.08 Å². The first-order valence-corrected chi connectivity index (χ1v) is 8.19. The Morgan fingerprint density at radius 3 is 2.45 bits per heavy atom. The zero-order valence-corrected chi connectivity index (χ0v) is 13.4. The van der Waals surface area contributed by atoms with Gasteiger partial charge in [-0.05, 0) is 49.9 Å². The van der Waals surface area contributed by atoms with Crippen LogP contribution in [-0.4, -0.2) is 15.1 Å². The minimum absolute atomic E-state index is 0.217. The van der Waals surface area contributed by atoms with Crippen LogP contribution in [-0.2, 0) is 10.0 Å². The van der Waals surface area contributed by atoms with E-state index in [4.69, 9.17) is 0 Å². The lowest BCUT2D eigenvalue weighted by Crippen LogP contribution is -2.13. The predicted molar refractivity (Wildman–Crippen MR) is 92.5 cm³/mol.